The van der Waals surface area contributed by atoms with Crippen molar-refractivity contribution >= 4 is 11.7 Å². The second kappa shape index (κ2) is 6.51. The molecule has 2 aromatic heterocycles. The van der Waals surface area contributed by atoms with Crippen molar-refractivity contribution in [1.82, 2.24) is 14.9 Å². The highest BCUT2D eigenvalue weighted by Gasteiger charge is 2.30. The molecule has 1 aliphatic heterocycles. The Labute approximate surface area is 141 Å². The van der Waals surface area contributed by atoms with Gasteiger partial charge in [-0.1, -0.05) is 0 Å². The minimum Gasteiger partial charge on any atom is -0.471 e. The van der Waals surface area contributed by atoms with Crippen LogP contribution in [-0.2, 0) is 0 Å². The van der Waals surface area contributed by atoms with Crippen LogP contribution in [0.1, 0.15) is 28.3 Å². The highest BCUT2D eigenvalue weighted by Crippen LogP contribution is 2.22. The molecule has 128 valence electrons. The summed E-state index contributed by atoms with van der Waals surface area (Å²) in [6.07, 6.45) is 3.98. The Morgan fingerprint density at radius 3 is 2.83 bits per heavy atom. The molecule has 1 atom stereocenters. The fourth-order valence-electron chi connectivity index (χ4n) is 2.80. The molecular formula is C17H22N4O3. The van der Waals surface area contributed by atoms with Crippen molar-refractivity contribution in [3.63, 3.8) is 0 Å². The predicted octanol–water partition coefficient (Wildman–Crippen LogP) is 2.05. The van der Waals surface area contributed by atoms with Gasteiger partial charge in [0.05, 0.1) is 24.5 Å². The van der Waals surface area contributed by atoms with Crippen LogP contribution in [-0.4, -0.2) is 54.1 Å². The maximum absolute atomic E-state index is 12.6. The summed E-state index contributed by atoms with van der Waals surface area (Å²) in [5, 5.41) is 0. The molecular weight excluding hydrogens is 308 g/mol. The van der Waals surface area contributed by atoms with Gasteiger partial charge >= 0.3 is 0 Å². The molecule has 0 saturated carbocycles. The zero-order valence-electron chi connectivity index (χ0n) is 14.4. The summed E-state index contributed by atoms with van der Waals surface area (Å²) < 4.78 is 11.4. The molecule has 2 aromatic rings. The van der Waals surface area contributed by atoms with Crippen molar-refractivity contribution < 1.29 is 13.9 Å². The van der Waals surface area contributed by atoms with Crippen molar-refractivity contribution in [2.75, 3.05) is 32.1 Å². The number of likely N-dealkylation sites (tertiary alicyclic amines) is 1. The van der Waals surface area contributed by atoms with Crippen LogP contribution in [0.2, 0.25) is 0 Å². The molecule has 0 bridgehead atoms. The third-order valence-electron chi connectivity index (χ3n) is 4.05. The first kappa shape index (κ1) is 16.3. The number of aryl methyl sites for hydroxylation is 2. The molecule has 1 aliphatic rings. The minimum absolute atomic E-state index is 0.0106. The summed E-state index contributed by atoms with van der Waals surface area (Å²) in [5.74, 6) is 2.62. The summed E-state index contributed by atoms with van der Waals surface area (Å²) in [6, 6.07) is 1.79. The van der Waals surface area contributed by atoms with Gasteiger partial charge in [0.25, 0.3) is 5.91 Å². The molecule has 7 heteroatoms. The van der Waals surface area contributed by atoms with Crippen molar-refractivity contribution in [3.8, 4) is 5.88 Å². The largest absolute Gasteiger partial charge is 0.471 e. The van der Waals surface area contributed by atoms with Gasteiger partial charge in [0.2, 0.25) is 5.88 Å². The molecule has 7 nitrogen and oxygen atoms in total. The lowest BCUT2D eigenvalue weighted by atomic mass is 10.2. The lowest BCUT2D eigenvalue weighted by molar-refractivity contribution is 0.0769. The van der Waals surface area contributed by atoms with Gasteiger partial charge in [-0.3, -0.25) is 9.78 Å². The molecule has 3 rings (SSSR count). The first-order chi connectivity index (χ1) is 11.4. The van der Waals surface area contributed by atoms with Crippen molar-refractivity contribution in [3.05, 3.63) is 35.5 Å². The van der Waals surface area contributed by atoms with E-state index in [1.807, 2.05) is 32.8 Å². The van der Waals surface area contributed by atoms with Gasteiger partial charge in [0.15, 0.2) is 5.82 Å². The van der Waals surface area contributed by atoms with E-state index >= 15 is 0 Å². The quantitative estimate of drug-likeness (QED) is 0.854. The van der Waals surface area contributed by atoms with E-state index in [4.69, 9.17) is 9.15 Å². The van der Waals surface area contributed by atoms with Gasteiger partial charge < -0.3 is 19.0 Å². The molecule has 24 heavy (non-hydrogen) atoms. The Morgan fingerprint density at radius 1 is 1.38 bits per heavy atom. The smallest absolute Gasteiger partial charge is 0.257 e. The van der Waals surface area contributed by atoms with E-state index in [0.717, 1.165) is 18.0 Å². The number of amides is 1. The monoisotopic (exact) mass is 330 g/mol. The van der Waals surface area contributed by atoms with Crippen molar-refractivity contribution in [2.45, 2.75) is 26.4 Å². The van der Waals surface area contributed by atoms with Crippen LogP contribution in [0.5, 0.6) is 5.88 Å². The number of hydrogen-bond acceptors (Lipinski definition) is 6. The van der Waals surface area contributed by atoms with Gasteiger partial charge in [-0.05, 0) is 19.9 Å². The first-order valence-corrected chi connectivity index (χ1v) is 7.96. The number of furan rings is 1. The van der Waals surface area contributed by atoms with E-state index in [2.05, 4.69) is 9.97 Å². The molecule has 0 spiro atoms. The molecule has 0 aromatic carbocycles. The van der Waals surface area contributed by atoms with Crippen LogP contribution >= 0.6 is 0 Å². The third-order valence-corrected chi connectivity index (χ3v) is 4.05. The van der Waals surface area contributed by atoms with Gasteiger partial charge in [0.1, 0.15) is 17.6 Å². The van der Waals surface area contributed by atoms with E-state index in [1.165, 1.54) is 0 Å². The highest BCUT2D eigenvalue weighted by molar-refractivity contribution is 5.95. The normalized spacial score (nSPS) is 17.2. The molecule has 1 fully saturated rings. The van der Waals surface area contributed by atoms with Crippen LogP contribution in [0.3, 0.4) is 0 Å². The molecule has 0 aliphatic carbocycles. The predicted molar refractivity (Wildman–Crippen MR) is 89.5 cm³/mol. The molecule has 3 heterocycles. The lowest BCUT2D eigenvalue weighted by Crippen LogP contribution is -2.31. The second-order valence-corrected chi connectivity index (χ2v) is 6.22. The lowest BCUT2D eigenvalue weighted by Gasteiger charge is -2.17. The number of ether oxygens (including phenoxy) is 1. The Bertz CT molecular complexity index is 741. The number of rotatable bonds is 4. The van der Waals surface area contributed by atoms with Crippen molar-refractivity contribution in [2.24, 2.45) is 0 Å². The Kier molecular flexibility index (Phi) is 4.42. The number of carbonyl (C=O) groups is 1. The highest BCUT2D eigenvalue weighted by atomic mass is 16.5. The summed E-state index contributed by atoms with van der Waals surface area (Å²) >= 11 is 0. The molecule has 0 N–H and O–H groups in total. The van der Waals surface area contributed by atoms with Crippen LogP contribution in [0.25, 0.3) is 0 Å². The second-order valence-electron chi connectivity index (χ2n) is 6.22. The zero-order valence-corrected chi connectivity index (χ0v) is 14.4. The van der Waals surface area contributed by atoms with E-state index in [-0.39, 0.29) is 12.0 Å². The number of nitrogens with zero attached hydrogens (tertiary/aromatic N) is 4. The van der Waals surface area contributed by atoms with Crippen molar-refractivity contribution in [1.29, 1.82) is 0 Å². The molecule has 0 radical (unpaired) electrons. The Morgan fingerprint density at radius 2 is 2.17 bits per heavy atom. The van der Waals surface area contributed by atoms with Crippen LogP contribution in [0, 0.1) is 13.8 Å². The van der Waals surface area contributed by atoms with E-state index in [0.29, 0.717) is 30.3 Å². The third kappa shape index (κ3) is 3.34. The summed E-state index contributed by atoms with van der Waals surface area (Å²) in [5.41, 5.74) is 0.627. The molecule has 1 saturated heterocycles. The maximum atomic E-state index is 12.6. The number of carbonyl (C=O) groups excluding carboxylic acids is 1. The number of aromatic nitrogens is 2. The Hall–Kier alpha value is -2.57. The molecule has 1 amide bonds. The van der Waals surface area contributed by atoms with Crippen LogP contribution in [0.4, 0.5) is 5.82 Å². The average molecular weight is 330 g/mol. The number of anilines is 1. The average Bonchev–Trinajstić information content (AvgIpc) is 3.13. The zero-order chi connectivity index (χ0) is 17.3. The number of hydrogen-bond donors (Lipinski definition) is 0. The van der Waals surface area contributed by atoms with E-state index in [9.17, 15) is 4.79 Å². The standard InChI is InChI=1S/C17H22N4O3/c1-11-7-14(12(2)23-11)17(22)21-6-5-13(10-21)24-16-9-18-8-15(19-16)20(3)4/h7-9,13H,5-6,10H2,1-4H3. The SMILES string of the molecule is Cc1cc(C(=O)N2CCC(Oc3cncc(N(C)C)n3)C2)c(C)o1. The summed E-state index contributed by atoms with van der Waals surface area (Å²) in [4.78, 5) is 24.8. The fraction of sp³-hybridized carbons (Fsp3) is 0.471. The van der Waals surface area contributed by atoms with E-state index < -0.39 is 0 Å². The minimum atomic E-state index is -0.0750. The van der Waals surface area contributed by atoms with Crippen LogP contribution in [0.15, 0.2) is 22.9 Å². The summed E-state index contributed by atoms with van der Waals surface area (Å²) in [6.45, 7) is 4.85. The maximum Gasteiger partial charge on any atom is 0.257 e. The molecule has 1 unspecified atom stereocenters. The first-order valence-electron chi connectivity index (χ1n) is 7.96. The fourth-order valence-corrected chi connectivity index (χ4v) is 2.80. The van der Waals surface area contributed by atoms with Gasteiger partial charge in [0, 0.05) is 27.1 Å². The van der Waals surface area contributed by atoms with Gasteiger partial charge in [-0.25, -0.2) is 0 Å². The summed E-state index contributed by atoms with van der Waals surface area (Å²) in [7, 11) is 3.80. The van der Waals surface area contributed by atoms with Gasteiger partial charge in [-0.15, -0.1) is 0 Å². The topological polar surface area (TPSA) is 71.7 Å². The van der Waals surface area contributed by atoms with Gasteiger partial charge in [-0.2, -0.15) is 4.98 Å². The Balaban J connectivity index is 1.64. The van der Waals surface area contributed by atoms with E-state index in [1.54, 1.807) is 23.4 Å². The van der Waals surface area contributed by atoms with Crippen LogP contribution < -0.4 is 9.64 Å².